The van der Waals surface area contributed by atoms with Crippen molar-refractivity contribution < 1.29 is 26.4 Å². The summed E-state index contributed by atoms with van der Waals surface area (Å²) in [5.41, 5.74) is 0.145. The SMILES string of the molecule is CCN(CC)S(=O)(=O)c1ccc([C@H](C)NC(=O)Cc2cccc(C(F)(F)F)c2)cc1. The third-order valence-corrected chi connectivity index (χ3v) is 6.78. The minimum atomic E-state index is -4.47. The van der Waals surface area contributed by atoms with Crippen LogP contribution >= 0.6 is 0 Å². The first-order valence-corrected chi connectivity index (χ1v) is 11.0. The second kappa shape index (κ2) is 9.61. The molecule has 0 unspecified atom stereocenters. The second-order valence-corrected chi connectivity index (χ2v) is 8.76. The predicted octanol–water partition coefficient (Wildman–Crippen LogP) is 4.16. The Labute approximate surface area is 175 Å². The predicted molar refractivity (Wildman–Crippen MR) is 108 cm³/mol. The molecule has 5 nitrogen and oxygen atoms in total. The summed E-state index contributed by atoms with van der Waals surface area (Å²) in [5.74, 6) is -0.429. The van der Waals surface area contributed by atoms with Crippen molar-refractivity contribution in [1.82, 2.24) is 9.62 Å². The normalized spacial score (nSPS) is 13.3. The number of rotatable bonds is 8. The standard InChI is InChI=1S/C21H25F3N2O3S/c1-4-26(5-2)30(28,29)19-11-9-17(10-12-19)15(3)25-20(27)14-16-7-6-8-18(13-16)21(22,23)24/h6-13,15H,4-5,14H2,1-3H3,(H,25,27)/t15-/m0/s1. The Kier molecular flexibility index (Phi) is 7.65. The van der Waals surface area contributed by atoms with Crippen LogP contribution in [0.1, 0.15) is 43.5 Å². The molecule has 2 rings (SSSR count). The number of sulfonamides is 1. The molecule has 2 aromatic carbocycles. The van der Waals surface area contributed by atoms with Crippen LogP contribution in [0.15, 0.2) is 53.4 Å². The number of benzene rings is 2. The van der Waals surface area contributed by atoms with Gasteiger partial charge < -0.3 is 5.32 Å². The molecule has 0 saturated carbocycles. The van der Waals surface area contributed by atoms with Gasteiger partial charge in [0.05, 0.1) is 22.9 Å². The van der Waals surface area contributed by atoms with E-state index in [1.165, 1.54) is 28.6 Å². The molecule has 0 radical (unpaired) electrons. The number of nitrogens with zero attached hydrogens (tertiary/aromatic N) is 1. The Balaban J connectivity index is 2.06. The molecule has 1 N–H and O–H groups in total. The molecule has 164 valence electrons. The summed E-state index contributed by atoms with van der Waals surface area (Å²) in [4.78, 5) is 12.4. The van der Waals surface area contributed by atoms with E-state index in [1.54, 1.807) is 32.9 Å². The van der Waals surface area contributed by atoms with E-state index < -0.39 is 33.7 Å². The molecule has 9 heteroatoms. The number of carbonyl (C=O) groups is 1. The van der Waals surface area contributed by atoms with Crippen LogP contribution in [-0.4, -0.2) is 31.7 Å². The minimum Gasteiger partial charge on any atom is -0.349 e. The summed E-state index contributed by atoms with van der Waals surface area (Å²) in [5, 5.41) is 2.73. The number of hydrogen-bond acceptors (Lipinski definition) is 3. The lowest BCUT2D eigenvalue weighted by Crippen LogP contribution is -2.30. The average Bonchev–Trinajstić information content (AvgIpc) is 2.68. The van der Waals surface area contributed by atoms with Gasteiger partial charge in [0.25, 0.3) is 0 Å². The van der Waals surface area contributed by atoms with E-state index in [2.05, 4.69) is 5.32 Å². The zero-order chi connectivity index (χ0) is 22.5. The molecule has 0 saturated heterocycles. The minimum absolute atomic E-state index is 0.164. The van der Waals surface area contributed by atoms with Crippen LogP contribution in [0.2, 0.25) is 0 Å². The zero-order valence-electron chi connectivity index (χ0n) is 17.0. The quantitative estimate of drug-likeness (QED) is 0.668. The van der Waals surface area contributed by atoms with Gasteiger partial charge >= 0.3 is 6.18 Å². The molecule has 30 heavy (non-hydrogen) atoms. The van der Waals surface area contributed by atoms with Crippen molar-refractivity contribution >= 4 is 15.9 Å². The number of halogens is 3. The number of alkyl halides is 3. The van der Waals surface area contributed by atoms with Crippen LogP contribution in [0.4, 0.5) is 13.2 Å². The number of carbonyl (C=O) groups excluding carboxylic acids is 1. The van der Waals surface area contributed by atoms with E-state index in [4.69, 9.17) is 0 Å². The zero-order valence-corrected chi connectivity index (χ0v) is 17.8. The van der Waals surface area contributed by atoms with Gasteiger partial charge in [0.15, 0.2) is 0 Å². The van der Waals surface area contributed by atoms with E-state index in [9.17, 15) is 26.4 Å². The molecule has 0 bridgehead atoms. The lowest BCUT2D eigenvalue weighted by molar-refractivity contribution is -0.137. The number of amides is 1. The summed E-state index contributed by atoms with van der Waals surface area (Å²) in [6, 6.07) is 10.4. The van der Waals surface area contributed by atoms with Gasteiger partial charge in [0.1, 0.15) is 0 Å². The highest BCUT2D eigenvalue weighted by molar-refractivity contribution is 7.89. The third-order valence-electron chi connectivity index (χ3n) is 4.72. The number of nitrogens with one attached hydrogen (secondary N) is 1. The molecule has 0 aliphatic rings. The van der Waals surface area contributed by atoms with E-state index >= 15 is 0 Å². The molecule has 0 spiro atoms. The molecule has 0 aliphatic carbocycles. The maximum absolute atomic E-state index is 12.8. The van der Waals surface area contributed by atoms with E-state index in [0.717, 1.165) is 12.1 Å². The van der Waals surface area contributed by atoms with E-state index in [1.807, 2.05) is 0 Å². The fraction of sp³-hybridized carbons (Fsp3) is 0.381. The lowest BCUT2D eigenvalue weighted by Gasteiger charge is -2.19. The Bertz CT molecular complexity index is 970. The van der Waals surface area contributed by atoms with Crippen LogP contribution in [0.3, 0.4) is 0 Å². The van der Waals surface area contributed by atoms with Crippen LogP contribution in [0.5, 0.6) is 0 Å². The Morgan fingerprint density at radius 1 is 1.07 bits per heavy atom. The van der Waals surface area contributed by atoms with Crippen molar-refractivity contribution in [2.45, 2.75) is 44.3 Å². The van der Waals surface area contributed by atoms with Crippen molar-refractivity contribution in [3.8, 4) is 0 Å². The molecule has 2 aromatic rings. The van der Waals surface area contributed by atoms with Crippen molar-refractivity contribution in [2.24, 2.45) is 0 Å². The first-order chi connectivity index (χ1) is 14.0. The Hall–Kier alpha value is -2.39. The van der Waals surface area contributed by atoms with Gasteiger partial charge in [-0.05, 0) is 36.2 Å². The largest absolute Gasteiger partial charge is 0.416 e. The van der Waals surface area contributed by atoms with Crippen molar-refractivity contribution in [3.05, 3.63) is 65.2 Å². The maximum atomic E-state index is 12.8. The van der Waals surface area contributed by atoms with Crippen LogP contribution in [-0.2, 0) is 27.4 Å². The molecular formula is C21H25F3N2O3S. The summed E-state index contributed by atoms with van der Waals surface area (Å²) >= 11 is 0. The summed E-state index contributed by atoms with van der Waals surface area (Å²) in [6.45, 7) is 5.97. The number of hydrogen-bond donors (Lipinski definition) is 1. The van der Waals surface area contributed by atoms with Gasteiger partial charge in [-0.2, -0.15) is 17.5 Å². The fourth-order valence-corrected chi connectivity index (χ4v) is 4.52. The Morgan fingerprint density at radius 2 is 1.67 bits per heavy atom. The summed E-state index contributed by atoms with van der Waals surface area (Å²) < 4.78 is 64.8. The van der Waals surface area contributed by atoms with Gasteiger partial charge in [-0.25, -0.2) is 8.42 Å². The molecule has 1 atom stereocenters. The highest BCUT2D eigenvalue weighted by Gasteiger charge is 2.30. The van der Waals surface area contributed by atoms with E-state index in [0.29, 0.717) is 18.7 Å². The fourth-order valence-electron chi connectivity index (χ4n) is 3.06. The van der Waals surface area contributed by atoms with Crippen molar-refractivity contribution in [2.75, 3.05) is 13.1 Å². The maximum Gasteiger partial charge on any atom is 0.416 e. The second-order valence-electron chi connectivity index (χ2n) is 6.82. The molecule has 0 fully saturated rings. The third kappa shape index (κ3) is 5.82. The summed E-state index contributed by atoms with van der Waals surface area (Å²) in [7, 11) is -3.57. The van der Waals surface area contributed by atoms with Crippen molar-refractivity contribution in [3.63, 3.8) is 0 Å². The molecule has 0 aliphatic heterocycles. The molecule has 0 heterocycles. The van der Waals surface area contributed by atoms with Crippen LogP contribution < -0.4 is 5.32 Å². The molecular weight excluding hydrogens is 417 g/mol. The first kappa shape index (κ1) is 23.9. The van der Waals surface area contributed by atoms with Crippen LogP contribution in [0, 0.1) is 0 Å². The first-order valence-electron chi connectivity index (χ1n) is 9.54. The average molecular weight is 443 g/mol. The molecule has 0 aromatic heterocycles. The van der Waals surface area contributed by atoms with Gasteiger partial charge in [0.2, 0.25) is 15.9 Å². The van der Waals surface area contributed by atoms with Gasteiger partial charge in [0, 0.05) is 13.1 Å². The van der Waals surface area contributed by atoms with Gasteiger partial charge in [-0.3, -0.25) is 4.79 Å². The monoisotopic (exact) mass is 442 g/mol. The smallest absolute Gasteiger partial charge is 0.349 e. The summed E-state index contributed by atoms with van der Waals surface area (Å²) in [6.07, 6.45) is -4.66. The highest BCUT2D eigenvalue weighted by atomic mass is 32.2. The molecule has 1 amide bonds. The van der Waals surface area contributed by atoms with E-state index in [-0.39, 0.29) is 16.9 Å². The Morgan fingerprint density at radius 3 is 2.20 bits per heavy atom. The highest BCUT2D eigenvalue weighted by Crippen LogP contribution is 2.29. The van der Waals surface area contributed by atoms with Gasteiger partial charge in [-0.15, -0.1) is 0 Å². The van der Waals surface area contributed by atoms with Gasteiger partial charge in [-0.1, -0.05) is 44.2 Å². The topological polar surface area (TPSA) is 66.5 Å². The van der Waals surface area contributed by atoms with Crippen LogP contribution in [0.25, 0.3) is 0 Å². The lowest BCUT2D eigenvalue weighted by atomic mass is 10.1. The van der Waals surface area contributed by atoms with Crippen molar-refractivity contribution in [1.29, 1.82) is 0 Å².